The average molecular weight is 667 g/mol. The van der Waals surface area contributed by atoms with Gasteiger partial charge < -0.3 is 14.4 Å². The third kappa shape index (κ3) is 3.80. The molecule has 3 aromatic heterocycles. The number of rotatable bonds is 3. The van der Waals surface area contributed by atoms with Crippen LogP contribution in [-0.4, -0.2) is 19.5 Å². The van der Waals surface area contributed by atoms with Gasteiger partial charge in [0.25, 0.3) is 0 Å². The minimum absolute atomic E-state index is 0.572. The summed E-state index contributed by atoms with van der Waals surface area (Å²) in [6.07, 6.45) is 7.13. The maximum absolute atomic E-state index is 4.90. The minimum atomic E-state index is -0.572. The third-order valence-corrected chi connectivity index (χ3v) is 10.8. The Balaban J connectivity index is 1.20. The molecular formula is C46H30N6. The highest BCUT2D eigenvalue weighted by atomic mass is 15.2. The molecule has 244 valence electrons. The van der Waals surface area contributed by atoms with E-state index in [0.29, 0.717) is 0 Å². The lowest BCUT2D eigenvalue weighted by molar-refractivity contribution is 0.719. The van der Waals surface area contributed by atoms with E-state index in [0.717, 1.165) is 50.4 Å². The van der Waals surface area contributed by atoms with Gasteiger partial charge in [-0.15, -0.1) is 0 Å². The van der Waals surface area contributed by atoms with E-state index in [-0.39, 0.29) is 0 Å². The molecule has 6 aromatic carbocycles. The summed E-state index contributed by atoms with van der Waals surface area (Å²) in [6, 6.07) is 57.3. The minimum Gasteiger partial charge on any atom is -0.310 e. The normalized spacial score (nSPS) is 13.8. The van der Waals surface area contributed by atoms with E-state index >= 15 is 0 Å². The van der Waals surface area contributed by atoms with Crippen molar-refractivity contribution in [2.24, 2.45) is 0 Å². The molecule has 2 aliphatic rings. The Labute approximate surface area is 300 Å². The van der Waals surface area contributed by atoms with Crippen LogP contribution in [0.2, 0.25) is 0 Å². The average Bonchev–Trinajstić information content (AvgIpc) is 3.55. The number of nitrogens with zero attached hydrogens (tertiary/aromatic N) is 6. The molecule has 9 aromatic rings. The fourth-order valence-corrected chi connectivity index (χ4v) is 8.85. The van der Waals surface area contributed by atoms with Crippen molar-refractivity contribution in [3.8, 4) is 5.69 Å². The summed E-state index contributed by atoms with van der Waals surface area (Å²) in [7, 11) is 0. The Hall–Kier alpha value is -7.05. The zero-order valence-electron chi connectivity index (χ0n) is 28.0. The molecule has 0 radical (unpaired) electrons. The third-order valence-electron chi connectivity index (χ3n) is 10.8. The lowest BCUT2D eigenvalue weighted by atomic mass is 9.60. The Morgan fingerprint density at radius 2 is 0.942 bits per heavy atom. The summed E-state index contributed by atoms with van der Waals surface area (Å²) in [5, 5.41) is 1.07. The van der Waals surface area contributed by atoms with Crippen LogP contribution in [0.25, 0.3) is 27.6 Å². The van der Waals surface area contributed by atoms with Crippen LogP contribution in [0.15, 0.2) is 183 Å². The zero-order chi connectivity index (χ0) is 34.2. The molecule has 0 N–H and O–H groups in total. The van der Waals surface area contributed by atoms with Crippen molar-refractivity contribution in [1.29, 1.82) is 0 Å². The van der Waals surface area contributed by atoms with Crippen molar-refractivity contribution in [2.75, 3.05) is 9.80 Å². The van der Waals surface area contributed by atoms with Gasteiger partial charge in [-0.3, -0.25) is 4.98 Å². The van der Waals surface area contributed by atoms with Crippen molar-refractivity contribution < 1.29 is 0 Å². The maximum atomic E-state index is 4.90. The number of aromatic nitrogens is 4. The summed E-state index contributed by atoms with van der Waals surface area (Å²) in [5.74, 6) is 0. The number of para-hydroxylation sites is 5. The molecule has 0 amide bonds. The molecule has 0 unspecified atom stereocenters. The predicted octanol–water partition coefficient (Wildman–Crippen LogP) is 10.9. The molecule has 0 saturated carbocycles. The van der Waals surface area contributed by atoms with Crippen LogP contribution < -0.4 is 9.80 Å². The van der Waals surface area contributed by atoms with Crippen LogP contribution in [0, 0.1) is 0 Å². The smallest absolute Gasteiger partial charge is 0.115 e. The van der Waals surface area contributed by atoms with Gasteiger partial charge in [0.05, 0.1) is 62.8 Å². The van der Waals surface area contributed by atoms with E-state index in [1.807, 2.05) is 24.7 Å². The monoisotopic (exact) mass is 666 g/mol. The second kappa shape index (κ2) is 11.0. The molecule has 0 saturated heterocycles. The van der Waals surface area contributed by atoms with E-state index in [1.54, 1.807) is 6.33 Å². The van der Waals surface area contributed by atoms with Crippen LogP contribution in [0.3, 0.4) is 0 Å². The molecule has 0 atom stereocenters. The fraction of sp³-hybridized carbons (Fsp3) is 0.0217. The van der Waals surface area contributed by atoms with Crippen LogP contribution in [0.4, 0.5) is 34.1 Å². The highest BCUT2D eigenvalue weighted by Crippen LogP contribution is 2.63. The molecule has 5 heterocycles. The fourth-order valence-electron chi connectivity index (χ4n) is 8.85. The topological polar surface area (TPSA) is 50.1 Å². The summed E-state index contributed by atoms with van der Waals surface area (Å²) < 4.78 is 2.20. The van der Waals surface area contributed by atoms with Crippen LogP contribution in [0.5, 0.6) is 0 Å². The molecule has 11 rings (SSSR count). The summed E-state index contributed by atoms with van der Waals surface area (Å²) in [4.78, 5) is 18.4. The van der Waals surface area contributed by atoms with E-state index in [4.69, 9.17) is 4.98 Å². The molecule has 52 heavy (non-hydrogen) atoms. The van der Waals surface area contributed by atoms with Gasteiger partial charge in [-0.05, 0) is 89.0 Å². The van der Waals surface area contributed by atoms with E-state index in [9.17, 15) is 0 Å². The summed E-state index contributed by atoms with van der Waals surface area (Å²) in [6.45, 7) is 0. The highest BCUT2D eigenvalue weighted by Gasteiger charge is 2.51. The molecule has 2 aliphatic heterocycles. The van der Waals surface area contributed by atoms with Crippen LogP contribution in [-0.2, 0) is 5.41 Å². The first kappa shape index (κ1) is 28.8. The van der Waals surface area contributed by atoms with Crippen LogP contribution in [0.1, 0.15) is 22.3 Å². The largest absolute Gasteiger partial charge is 0.310 e. The molecule has 1 spiro atoms. The van der Waals surface area contributed by atoms with Gasteiger partial charge in [0, 0.05) is 23.0 Å². The zero-order valence-corrected chi connectivity index (χ0v) is 28.0. The van der Waals surface area contributed by atoms with Gasteiger partial charge in [0.15, 0.2) is 0 Å². The molecule has 0 bridgehead atoms. The SMILES string of the molecule is c1ccc(N2c3ccccc3C3(c4ccccc42)c2ccccc2N(c2ccc4c(c2)c2ncccc2n4-c2cncnc2)c2ccccc23)cc1. The van der Waals surface area contributed by atoms with Gasteiger partial charge in [-0.2, -0.15) is 0 Å². The number of hydrogen-bond acceptors (Lipinski definition) is 5. The quantitative estimate of drug-likeness (QED) is 0.188. The summed E-state index contributed by atoms with van der Waals surface area (Å²) in [5.41, 5.74) is 15.2. The van der Waals surface area contributed by atoms with Crippen molar-refractivity contribution in [1.82, 2.24) is 19.5 Å². The maximum Gasteiger partial charge on any atom is 0.115 e. The Morgan fingerprint density at radius 1 is 0.423 bits per heavy atom. The number of pyridine rings is 1. The first-order valence-corrected chi connectivity index (χ1v) is 17.5. The molecule has 6 heteroatoms. The molecule has 6 nitrogen and oxygen atoms in total. The first-order chi connectivity index (χ1) is 25.8. The molecule has 0 aliphatic carbocycles. The van der Waals surface area contributed by atoms with Gasteiger partial charge >= 0.3 is 0 Å². The lowest BCUT2D eigenvalue weighted by Gasteiger charge is -2.51. The van der Waals surface area contributed by atoms with Crippen LogP contribution >= 0.6 is 0 Å². The molecular weight excluding hydrogens is 637 g/mol. The highest BCUT2D eigenvalue weighted by molar-refractivity contribution is 6.09. The second-order valence-corrected chi connectivity index (χ2v) is 13.3. The van der Waals surface area contributed by atoms with E-state index < -0.39 is 5.41 Å². The van der Waals surface area contributed by atoms with Crippen molar-refractivity contribution >= 4 is 56.1 Å². The van der Waals surface area contributed by atoms with Gasteiger partial charge in [0.2, 0.25) is 0 Å². The Kier molecular flexibility index (Phi) is 6.07. The molecule has 0 fully saturated rings. The number of anilines is 6. The lowest BCUT2D eigenvalue weighted by Crippen LogP contribution is -2.41. The summed E-state index contributed by atoms with van der Waals surface area (Å²) >= 11 is 0. The van der Waals surface area contributed by atoms with Gasteiger partial charge in [-0.25, -0.2) is 9.97 Å². The number of benzene rings is 6. The van der Waals surface area contributed by atoms with Gasteiger partial charge in [0.1, 0.15) is 6.33 Å². The Morgan fingerprint density at radius 3 is 1.52 bits per heavy atom. The van der Waals surface area contributed by atoms with Gasteiger partial charge in [-0.1, -0.05) is 91.0 Å². The standard InChI is InChI=1S/C46H30N6/c1-2-13-31(14-3-1)50-40-19-8-4-15-35(40)46(36-16-5-9-20-41(36)50)37-17-6-10-21-42(37)51(43-22-11-7-18-38(43)46)32-24-25-39-34(27-32)45-44(23-12-26-49-45)52(39)33-28-47-30-48-29-33/h1-30H. The number of fused-ring (bicyclic) bond motifs is 11. The van der Waals surface area contributed by atoms with Crippen molar-refractivity contribution in [3.63, 3.8) is 0 Å². The van der Waals surface area contributed by atoms with Crippen molar-refractivity contribution in [3.05, 3.63) is 205 Å². The van der Waals surface area contributed by atoms with Crippen molar-refractivity contribution in [2.45, 2.75) is 5.41 Å². The predicted molar refractivity (Wildman–Crippen MR) is 209 cm³/mol. The second-order valence-electron chi connectivity index (χ2n) is 13.3. The Bertz CT molecular complexity index is 2730. The first-order valence-electron chi connectivity index (χ1n) is 17.5. The number of hydrogen-bond donors (Lipinski definition) is 0. The van der Waals surface area contributed by atoms with E-state index in [2.05, 4.69) is 176 Å². The van der Waals surface area contributed by atoms with E-state index in [1.165, 1.54) is 33.6 Å².